The van der Waals surface area contributed by atoms with Crippen molar-refractivity contribution < 1.29 is 32.8 Å². The van der Waals surface area contributed by atoms with Gasteiger partial charge in [0.1, 0.15) is 11.8 Å². The van der Waals surface area contributed by atoms with Crippen molar-refractivity contribution in [3.05, 3.63) is 29.3 Å². The first kappa shape index (κ1) is 21.1. The quantitative estimate of drug-likeness (QED) is 0.510. The maximum Gasteiger partial charge on any atom is 0.305 e. The molecule has 0 saturated carbocycles. The van der Waals surface area contributed by atoms with Crippen molar-refractivity contribution in [3.8, 4) is 5.75 Å². The molecule has 2 atom stereocenters. The van der Waals surface area contributed by atoms with Crippen molar-refractivity contribution in [2.24, 2.45) is 0 Å². The molecular formula is C18H28ClNO3S. The van der Waals surface area contributed by atoms with Gasteiger partial charge in [-0.1, -0.05) is 19.9 Å². The van der Waals surface area contributed by atoms with Crippen LogP contribution < -0.4 is 18.1 Å². The number of ether oxygens (including phenoxy) is 1. The number of halogens is 1. The van der Waals surface area contributed by atoms with Crippen LogP contribution in [0.4, 0.5) is 0 Å². The Kier molecular flexibility index (Phi) is 7.90. The van der Waals surface area contributed by atoms with E-state index in [-0.39, 0.29) is 29.8 Å². The number of rotatable bonds is 6. The van der Waals surface area contributed by atoms with E-state index in [4.69, 9.17) is 4.74 Å². The van der Waals surface area contributed by atoms with Gasteiger partial charge >= 0.3 is 5.97 Å². The summed E-state index contributed by atoms with van der Waals surface area (Å²) in [6.07, 6.45) is 2.30. The van der Waals surface area contributed by atoms with Crippen LogP contribution in [0.15, 0.2) is 18.2 Å². The maximum absolute atomic E-state index is 11.4. The zero-order valence-electron chi connectivity index (χ0n) is 14.7. The average Bonchev–Trinajstić information content (AvgIpc) is 2.50. The highest BCUT2D eigenvalue weighted by Gasteiger charge is 2.43. The monoisotopic (exact) mass is 373 g/mol. The number of phenolic OH excluding ortho intramolecular Hbond substituents is 1. The summed E-state index contributed by atoms with van der Waals surface area (Å²) >= 11 is 1.90. The number of thioether (sulfide) groups is 1. The second-order valence-corrected chi connectivity index (χ2v) is 8.04. The molecule has 0 amide bonds. The Morgan fingerprint density at radius 2 is 2.17 bits per heavy atom. The summed E-state index contributed by atoms with van der Waals surface area (Å²) in [4.78, 5) is 11.4. The predicted molar refractivity (Wildman–Crippen MR) is 93.6 cm³/mol. The van der Waals surface area contributed by atoms with E-state index in [2.05, 4.69) is 19.6 Å². The lowest BCUT2D eigenvalue weighted by Crippen LogP contribution is -3.00. The summed E-state index contributed by atoms with van der Waals surface area (Å²) in [6, 6.07) is 5.95. The minimum absolute atomic E-state index is 0. The molecule has 0 aliphatic heterocycles. The Bertz CT molecular complexity index is 565. The summed E-state index contributed by atoms with van der Waals surface area (Å²) in [5.41, 5.74) is 6.86. The highest BCUT2D eigenvalue weighted by molar-refractivity contribution is 7.99. The van der Waals surface area contributed by atoms with Gasteiger partial charge in [0.25, 0.3) is 0 Å². The molecule has 1 aromatic carbocycles. The second kappa shape index (κ2) is 8.97. The van der Waals surface area contributed by atoms with Gasteiger partial charge in [0.05, 0.1) is 11.9 Å². The number of esters is 1. The SMILES string of the molecule is CCOC(=O)CCCSC1Cc2ccc(O)cc2C(C)(C)C1[NH3+].[Cl-]. The van der Waals surface area contributed by atoms with Crippen molar-refractivity contribution in [1.29, 1.82) is 0 Å². The molecule has 0 heterocycles. The number of carbonyl (C=O) groups excluding carboxylic acids is 1. The van der Waals surface area contributed by atoms with Gasteiger partial charge in [-0.15, -0.1) is 0 Å². The topological polar surface area (TPSA) is 74.2 Å². The smallest absolute Gasteiger partial charge is 0.305 e. The Labute approximate surface area is 154 Å². The molecule has 24 heavy (non-hydrogen) atoms. The molecule has 1 aliphatic carbocycles. The summed E-state index contributed by atoms with van der Waals surface area (Å²) in [5, 5.41) is 10.2. The molecule has 2 rings (SSSR count). The zero-order chi connectivity index (χ0) is 17.0. The first-order chi connectivity index (χ1) is 10.9. The molecule has 136 valence electrons. The van der Waals surface area contributed by atoms with E-state index >= 15 is 0 Å². The molecule has 6 heteroatoms. The molecule has 0 spiro atoms. The molecular weight excluding hydrogens is 346 g/mol. The van der Waals surface area contributed by atoms with Crippen LogP contribution in [0.3, 0.4) is 0 Å². The van der Waals surface area contributed by atoms with Crippen LogP contribution >= 0.6 is 11.8 Å². The van der Waals surface area contributed by atoms with Gasteiger partial charge in [-0.2, -0.15) is 11.8 Å². The fourth-order valence-corrected chi connectivity index (χ4v) is 4.71. The van der Waals surface area contributed by atoms with Crippen LogP contribution in [0.5, 0.6) is 5.75 Å². The fourth-order valence-electron chi connectivity index (χ4n) is 3.23. The Morgan fingerprint density at radius 3 is 2.83 bits per heavy atom. The Morgan fingerprint density at radius 1 is 1.46 bits per heavy atom. The van der Waals surface area contributed by atoms with Gasteiger partial charge in [0.15, 0.2) is 0 Å². The van der Waals surface area contributed by atoms with E-state index in [1.54, 1.807) is 6.07 Å². The van der Waals surface area contributed by atoms with E-state index in [0.717, 1.165) is 18.6 Å². The maximum atomic E-state index is 11.4. The number of carbonyl (C=O) groups is 1. The predicted octanol–water partition coefficient (Wildman–Crippen LogP) is -0.714. The average molecular weight is 374 g/mol. The number of fused-ring (bicyclic) bond motifs is 1. The van der Waals surface area contributed by atoms with E-state index in [0.29, 0.717) is 24.0 Å². The van der Waals surface area contributed by atoms with Crippen molar-refractivity contribution in [3.63, 3.8) is 0 Å². The van der Waals surface area contributed by atoms with Crippen molar-refractivity contribution in [2.75, 3.05) is 12.4 Å². The van der Waals surface area contributed by atoms with Gasteiger partial charge < -0.3 is 28.0 Å². The molecule has 0 saturated heterocycles. The van der Waals surface area contributed by atoms with E-state index in [1.165, 1.54) is 11.1 Å². The number of benzene rings is 1. The number of hydrogen-bond donors (Lipinski definition) is 2. The Hall–Kier alpha value is -0.910. The number of hydrogen-bond acceptors (Lipinski definition) is 4. The van der Waals surface area contributed by atoms with Gasteiger partial charge in [0, 0.05) is 11.8 Å². The summed E-state index contributed by atoms with van der Waals surface area (Å²) in [7, 11) is 0. The highest BCUT2D eigenvalue weighted by Crippen LogP contribution is 2.40. The van der Waals surface area contributed by atoms with E-state index in [1.807, 2.05) is 30.8 Å². The van der Waals surface area contributed by atoms with Crippen LogP contribution in [0.2, 0.25) is 0 Å². The third-order valence-electron chi connectivity index (χ3n) is 4.75. The summed E-state index contributed by atoms with van der Waals surface area (Å²) in [5.74, 6) is 1.16. The van der Waals surface area contributed by atoms with Gasteiger partial charge in [0.2, 0.25) is 0 Å². The van der Waals surface area contributed by atoms with Gasteiger partial charge in [-0.05, 0) is 48.8 Å². The molecule has 0 radical (unpaired) electrons. The lowest BCUT2D eigenvalue weighted by atomic mass is 9.69. The van der Waals surface area contributed by atoms with E-state index in [9.17, 15) is 9.90 Å². The summed E-state index contributed by atoms with van der Waals surface area (Å²) in [6.45, 7) is 6.69. The van der Waals surface area contributed by atoms with Crippen LogP contribution in [0, 0.1) is 0 Å². The van der Waals surface area contributed by atoms with Crippen molar-refractivity contribution in [2.45, 2.75) is 56.7 Å². The first-order valence-corrected chi connectivity index (χ1v) is 9.33. The second-order valence-electron chi connectivity index (χ2n) is 6.69. The van der Waals surface area contributed by atoms with Crippen LogP contribution in [0.25, 0.3) is 0 Å². The van der Waals surface area contributed by atoms with E-state index < -0.39 is 0 Å². The minimum atomic E-state index is -0.107. The fraction of sp³-hybridized carbons (Fsp3) is 0.611. The minimum Gasteiger partial charge on any atom is -1.00 e. The van der Waals surface area contributed by atoms with Crippen molar-refractivity contribution >= 4 is 17.7 Å². The standard InChI is InChI=1S/C18H27NO3S.ClH/c1-4-22-16(21)6-5-9-23-15-10-12-7-8-13(20)11-14(12)18(2,3)17(15)19;/h7-8,11,15,17,20H,4-6,9-10,19H2,1-3H3;1H. The number of aromatic hydroxyl groups is 1. The summed E-state index contributed by atoms with van der Waals surface area (Å²) < 4.78 is 4.96. The normalized spacial score (nSPS) is 21.5. The van der Waals surface area contributed by atoms with Crippen LogP contribution in [-0.4, -0.2) is 34.7 Å². The van der Waals surface area contributed by atoms with Crippen LogP contribution in [-0.2, 0) is 21.4 Å². The van der Waals surface area contributed by atoms with Crippen molar-refractivity contribution in [1.82, 2.24) is 0 Å². The molecule has 0 bridgehead atoms. The molecule has 0 aromatic heterocycles. The first-order valence-electron chi connectivity index (χ1n) is 8.29. The van der Waals surface area contributed by atoms with Gasteiger partial charge in [-0.3, -0.25) is 4.79 Å². The molecule has 0 fully saturated rings. The highest BCUT2D eigenvalue weighted by atomic mass is 35.5. The van der Waals surface area contributed by atoms with Gasteiger partial charge in [-0.25, -0.2) is 0 Å². The lowest BCUT2D eigenvalue weighted by Gasteiger charge is -2.40. The largest absolute Gasteiger partial charge is 1.00 e. The molecule has 1 aromatic rings. The number of phenols is 1. The van der Waals surface area contributed by atoms with Crippen LogP contribution in [0.1, 0.15) is 44.7 Å². The molecule has 4 N–H and O–H groups in total. The molecule has 2 unspecified atom stereocenters. The molecule has 1 aliphatic rings. The lowest BCUT2D eigenvalue weighted by molar-refractivity contribution is -0.435. The molecule has 4 nitrogen and oxygen atoms in total. The Balaban J connectivity index is 0.00000288. The third kappa shape index (κ3) is 4.80. The zero-order valence-corrected chi connectivity index (χ0v) is 16.3. The third-order valence-corrected chi connectivity index (χ3v) is 6.19. The number of quaternary nitrogens is 1.